The second kappa shape index (κ2) is 10.2. The zero-order valence-electron chi connectivity index (χ0n) is 17.0. The standard InChI is InChI=1S/C23H30N2O3S/c26-23(22-16-19-6-2-1-3-8-21(19)29-22)24-17-18-5-4-7-20(15-18)28-14-11-25-9-12-27-13-10-25/h4-5,7,15-16H,1-3,6,8-14,17H2,(H,24,26). The summed E-state index contributed by atoms with van der Waals surface area (Å²) in [6, 6.07) is 10.1. The van der Waals surface area contributed by atoms with Crippen LogP contribution >= 0.6 is 11.3 Å². The van der Waals surface area contributed by atoms with Crippen LogP contribution in [0, 0.1) is 0 Å². The van der Waals surface area contributed by atoms with Gasteiger partial charge in [0.25, 0.3) is 5.91 Å². The molecule has 1 saturated heterocycles. The number of ether oxygens (including phenoxy) is 2. The number of hydrogen-bond donors (Lipinski definition) is 1. The smallest absolute Gasteiger partial charge is 0.261 e. The van der Waals surface area contributed by atoms with Crippen molar-refractivity contribution >= 4 is 17.2 Å². The Morgan fingerprint density at radius 3 is 2.90 bits per heavy atom. The zero-order chi connectivity index (χ0) is 19.9. The minimum Gasteiger partial charge on any atom is -0.492 e. The SMILES string of the molecule is O=C(NCc1cccc(OCCN2CCOCC2)c1)c1cc2c(s1)CCCCC2. The Bertz CT molecular complexity index is 791. The maximum absolute atomic E-state index is 12.6. The topological polar surface area (TPSA) is 50.8 Å². The highest BCUT2D eigenvalue weighted by molar-refractivity contribution is 7.14. The van der Waals surface area contributed by atoms with Crippen LogP contribution in [0.1, 0.15) is 44.9 Å². The van der Waals surface area contributed by atoms with Gasteiger partial charge in [-0.15, -0.1) is 11.3 Å². The van der Waals surface area contributed by atoms with Gasteiger partial charge in [0, 0.05) is 31.1 Å². The number of fused-ring (bicyclic) bond motifs is 1. The molecular formula is C23H30N2O3S. The zero-order valence-corrected chi connectivity index (χ0v) is 17.8. The molecule has 4 rings (SSSR count). The fourth-order valence-electron chi connectivity index (χ4n) is 3.91. The van der Waals surface area contributed by atoms with Crippen LogP contribution in [0.4, 0.5) is 0 Å². The normalized spacial score (nSPS) is 17.4. The Morgan fingerprint density at radius 2 is 2.00 bits per heavy atom. The molecule has 156 valence electrons. The Morgan fingerprint density at radius 1 is 1.14 bits per heavy atom. The minimum atomic E-state index is 0.0294. The molecule has 1 aliphatic carbocycles. The highest BCUT2D eigenvalue weighted by Gasteiger charge is 2.16. The summed E-state index contributed by atoms with van der Waals surface area (Å²) in [5.41, 5.74) is 2.44. The Hall–Kier alpha value is -1.89. The molecule has 2 aromatic rings. The molecule has 2 heterocycles. The summed E-state index contributed by atoms with van der Waals surface area (Å²) in [5, 5.41) is 3.07. The second-order valence-electron chi connectivity index (χ2n) is 7.75. The van der Waals surface area contributed by atoms with E-state index in [0.717, 1.165) is 61.9 Å². The van der Waals surface area contributed by atoms with E-state index in [1.54, 1.807) is 11.3 Å². The number of amides is 1. The van der Waals surface area contributed by atoms with E-state index in [4.69, 9.17) is 9.47 Å². The predicted octanol–water partition coefficient (Wildman–Crippen LogP) is 3.66. The number of nitrogens with one attached hydrogen (secondary N) is 1. The molecule has 6 heteroatoms. The van der Waals surface area contributed by atoms with Gasteiger partial charge in [0.05, 0.1) is 18.1 Å². The fraction of sp³-hybridized carbons (Fsp3) is 0.522. The lowest BCUT2D eigenvalue weighted by Crippen LogP contribution is -2.38. The van der Waals surface area contributed by atoms with E-state index in [9.17, 15) is 4.79 Å². The van der Waals surface area contributed by atoms with E-state index in [1.807, 2.05) is 24.3 Å². The summed E-state index contributed by atoms with van der Waals surface area (Å²) in [6.07, 6.45) is 6.02. The maximum Gasteiger partial charge on any atom is 0.261 e. The summed E-state index contributed by atoms with van der Waals surface area (Å²) >= 11 is 1.67. The average Bonchev–Trinajstić information content (AvgIpc) is 3.04. The van der Waals surface area contributed by atoms with E-state index >= 15 is 0 Å². The molecule has 1 fully saturated rings. The lowest BCUT2D eigenvalue weighted by Gasteiger charge is -2.26. The molecule has 0 radical (unpaired) electrons. The van der Waals surface area contributed by atoms with Crippen LogP contribution in [-0.2, 0) is 24.1 Å². The predicted molar refractivity (Wildman–Crippen MR) is 116 cm³/mol. The number of benzene rings is 1. The summed E-state index contributed by atoms with van der Waals surface area (Å²) in [4.78, 5) is 17.2. The highest BCUT2D eigenvalue weighted by Crippen LogP contribution is 2.29. The lowest BCUT2D eigenvalue weighted by molar-refractivity contribution is 0.0322. The van der Waals surface area contributed by atoms with Crippen LogP contribution < -0.4 is 10.1 Å². The highest BCUT2D eigenvalue weighted by atomic mass is 32.1. The van der Waals surface area contributed by atoms with Crippen LogP contribution in [0.25, 0.3) is 0 Å². The van der Waals surface area contributed by atoms with Crippen molar-refractivity contribution in [1.29, 1.82) is 0 Å². The largest absolute Gasteiger partial charge is 0.492 e. The van der Waals surface area contributed by atoms with Crippen molar-refractivity contribution in [1.82, 2.24) is 10.2 Å². The number of hydrogen-bond acceptors (Lipinski definition) is 5. The quantitative estimate of drug-likeness (QED) is 0.703. The minimum absolute atomic E-state index is 0.0294. The molecule has 0 unspecified atom stereocenters. The average molecular weight is 415 g/mol. The number of rotatable bonds is 7. The van der Waals surface area contributed by atoms with Gasteiger partial charge in [0.2, 0.25) is 0 Å². The molecule has 0 bridgehead atoms. The molecule has 1 N–H and O–H groups in total. The summed E-state index contributed by atoms with van der Waals surface area (Å²) in [5.74, 6) is 0.884. The Kier molecular flexibility index (Phi) is 7.19. The van der Waals surface area contributed by atoms with Crippen molar-refractivity contribution in [3.05, 3.63) is 51.2 Å². The molecule has 0 atom stereocenters. The summed E-state index contributed by atoms with van der Waals surface area (Å²) in [6.45, 7) is 5.65. The van der Waals surface area contributed by atoms with Gasteiger partial charge in [0.1, 0.15) is 12.4 Å². The molecule has 1 amide bonds. The van der Waals surface area contributed by atoms with E-state index < -0.39 is 0 Å². The van der Waals surface area contributed by atoms with Crippen molar-refractivity contribution in [3.8, 4) is 5.75 Å². The summed E-state index contributed by atoms with van der Waals surface area (Å²) in [7, 11) is 0. The van der Waals surface area contributed by atoms with Crippen LogP contribution in [0.2, 0.25) is 0 Å². The molecule has 0 saturated carbocycles. The number of aryl methyl sites for hydroxylation is 2. The van der Waals surface area contributed by atoms with Crippen LogP contribution in [0.15, 0.2) is 30.3 Å². The first-order valence-corrected chi connectivity index (χ1v) is 11.5. The summed E-state index contributed by atoms with van der Waals surface area (Å²) < 4.78 is 11.3. The number of morpholine rings is 1. The van der Waals surface area contributed by atoms with Crippen LogP contribution in [0.3, 0.4) is 0 Å². The second-order valence-corrected chi connectivity index (χ2v) is 8.89. The molecule has 1 aromatic carbocycles. The van der Waals surface area contributed by atoms with Gasteiger partial charge >= 0.3 is 0 Å². The van der Waals surface area contributed by atoms with Crippen molar-refractivity contribution in [2.45, 2.75) is 38.6 Å². The van der Waals surface area contributed by atoms with Crippen molar-refractivity contribution < 1.29 is 14.3 Å². The van der Waals surface area contributed by atoms with Crippen molar-refractivity contribution in [3.63, 3.8) is 0 Å². The van der Waals surface area contributed by atoms with Crippen LogP contribution in [0.5, 0.6) is 5.75 Å². The Balaban J connectivity index is 1.26. The van der Waals surface area contributed by atoms with E-state index in [0.29, 0.717) is 13.2 Å². The first kappa shape index (κ1) is 20.4. The first-order chi connectivity index (χ1) is 14.3. The van der Waals surface area contributed by atoms with Crippen LogP contribution in [-0.4, -0.2) is 50.3 Å². The van der Waals surface area contributed by atoms with E-state index in [-0.39, 0.29) is 5.91 Å². The molecule has 2 aliphatic rings. The van der Waals surface area contributed by atoms with Gasteiger partial charge < -0.3 is 14.8 Å². The molecular weight excluding hydrogens is 384 g/mol. The van der Waals surface area contributed by atoms with Gasteiger partial charge in [-0.1, -0.05) is 18.6 Å². The Labute approximate surface area is 177 Å². The number of carbonyl (C=O) groups excluding carboxylic acids is 1. The number of nitrogens with zero attached hydrogens (tertiary/aromatic N) is 1. The van der Waals surface area contributed by atoms with Gasteiger partial charge in [0.15, 0.2) is 0 Å². The monoisotopic (exact) mass is 414 g/mol. The fourth-order valence-corrected chi connectivity index (χ4v) is 5.08. The van der Waals surface area contributed by atoms with Crippen molar-refractivity contribution in [2.75, 3.05) is 39.5 Å². The maximum atomic E-state index is 12.6. The third-order valence-electron chi connectivity index (χ3n) is 5.60. The van der Waals surface area contributed by atoms with E-state index in [2.05, 4.69) is 16.3 Å². The first-order valence-electron chi connectivity index (χ1n) is 10.7. The third kappa shape index (κ3) is 5.81. The van der Waals surface area contributed by atoms with Gasteiger partial charge in [-0.25, -0.2) is 0 Å². The number of thiophene rings is 1. The molecule has 1 aromatic heterocycles. The number of carbonyl (C=O) groups is 1. The third-order valence-corrected chi connectivity index (χ3v) is 6.84. The van der Waals surface area contributed by atoms with E-state index in [1.165, 1.54) is 29.7 Å². The van der Waals surface area contributed by atoms with Gasteiger partial charge in [-0.2, -0.15) is 0 Å². The molecule has 1 aliphatic heterocycles. The van der Waals surface area contributed by atoms with Gasteiger partial charge in [-0.3, -0.25) is 9.69 Å². The molecule has 0 spiro atoms. The van der Waals surface area contributed by atoms with Crippen molar-refractivity contribution in [2.24, 2.45) is 0 Å². The lowest BCUT2D eigenvalue weighted by atomic mass is 10.1. The van der Waals surface area contributed by atoms with Gasteiger partial charge in [-0.05, 0) is 55.0 Å². The molecule has 29 heavy (non-hydrogen) atoms. The molecule has 5 nitrogen and oxygen atoms in total.